The molecule has 0 aliphatic rings. The highest BCUT2D eigenvalue weighted by Gasteiger charge is 1.85. The summed E-state index contributed by atoms with van der Waals surface area (Å²) in [6.07, 6.45) is 13.1. The average Bonchev–Trinajstić information content (AvgIpc) is 2.10. The van der Waals surface area contributed by atoms with Gasteiger partial charge < -0.3 is 0 Å². The second-order valence-electron chi connectivity index (χ2n) is 2.93. The van der Waals surface area contributed by atoms with Crippen LogP contribution in [-0.4, -0.2) is 0 Å². The van der Waals surface area contributed by atoms with Crippen molar-refractivity contribution >= 4 is 0 Å². The van der Waals surface area contributed by atoms with Gasteiger partial charge in [0.25, 0.3) is 0 Å². The van der Waals surface area contributed by atoms with E-state index >= 15 is 0 Å². The lowest BCUT2D eigenvalue weighted by atomic mass is 10.1. The SMILES string of the molecule is CCCCCCCC=C[CH]C#N. The fourth-order valence-electron chi connectivity index (χ4n) is 1.07. The topological polar surface area (TPSA) is 23.8 Å². The zero-order valence-corrected chi connectivity index (χ0v) is 7.92. The molecule has 0 aromatic carbocycles. The third kappa shape index (κ3) is 9.23. The second-order valence-corrected chi connectivity index (χ2v) is 2.93. The summed E-state index contributed by atoms with van der Waals surface area (Å²) in [6.45, 7) is 2.22. The van der Waals surface area contributed by atoms with Crippen molar-refractivity contribution in [3.05, 3.63) is 18.6 Å². The lowest BCUT2D eigenvalue weighted by Gasteiger charge is -1.95. The highest BCUT2D eigenvalue weighted by atomic mass is 14.2. The molecule has 0 spiro atoms. The van der Waals surface area contributed by atoms with E-state index in [0.29, 0.717) is 0 Å². The van der Waals surface area contributed by atoms with Crippen molar-refractivity contribution in [1.82, 2.24) is 0 Å². The predicted octanol–water partition coefficient (Wildman–Crippen LogP) is 3.63. The van der Waals surface area contributed by atoms with Crippen molar-refractivity contribution in [2.45, 2.75) is 45.4 Å². The Kier molecular flexibility index (Phi) is 9.57. The molecule has 0 N–H and O–H groups in total. The molecule has 0 heterocycles. The Morgan fingerprint density at radius 2 is 1.92 bits per heavy atom. The van der Waals surface area contributed by atoms with Gasteiger partial charge >= 0.3 is 0 Å². The summed E-state index contributed by atoms with van der Waals surface area (Å²) < 4.78 is 0. The minimum absolute atomic E-state index is 1.11. The third-order valence-corrected chi connectivity index (χ3v) is 1.78. The summed E-state index contributed by atoms with van der Waals surface area (Å²) in [5.41, 5.74) is 0. The normalized spacial score (nSPS) is 10.3. The lowest BCUT2D eigenvalue weighted by molar-refractivity contribution is 0.637. The van der Waals surface area contributed by atoms with Gasteiger partial charge in [0.2, 0.25) is 0 Å². The Bertz CT molecular complexity index is 142. The maximum atomic E-state index is 8.18. The Morgan fingerprint density at radius 3 is 2.58 bits per heavy atom. The lowest BCUT2D eigenvalue weighted by Crippen LogP contribution is -1.75. The Balaban J connectivity index is 2.96. The molecule has 0 saturated heterocycles. The first-order valence-corrected chi connectivity index (χ1v) is 4.79. The van der Waals surface area contributed by atoms with Crippen molar-refractivity contribution in [3.63, 3.8) is 0 Å². The van der Waals surface area contributed by atoms with E-state index in [4.69, 9.17) is 5.26 Å². The van der Waals surface area contributed by atoms with Crippen LogP contribution in [-0.2, 0) is 0 Å². The number of allylic oxidation sites excluding steroid dienone is 2. The first-order chi connectivity index (χ1) is 5.91. The van der Waals surface area contributed by atoms with E-state index < -0.39 is 0 Å². The van der Waals surface area contributed by atoms with Gasteiger partial charge in [0.15, 0.2) is 0 Å². The number of hydrogen-bond donors (Lipinski definition) is 0. The monoisotopic (exact) mass is 164 g/mol. The zero-order valence-electron chi connectivity index (χ0n) is 7.92. The molecular formula is C11H18N. The van der Waals surface area contributed by atoms with E-state index in [-0.39, 0.29) is 0 Å². The van der Waals surface area contributed by atoms with Crippen LogP contribution in [0, 0.1) is 17.8 Å². The van der Waals surface area contributed by atoms with Crippen molar-refractivity contribution < 1.29 is 0 Å². The zero-order chi connectivity index (χ0) is 9.07. The molecule has 0 rings (SSSR count). The smallest absolute Gasteiger partial charge is 0.0836 e. The molecule has 12 heavy (non-hydrogen) atoms. The van der Waals surface area contributed by atoms with E-state index in [2.05, 4.69) is 13.0 Å². The first-order valence-electron chi connectivity index (χ1n) is 4.79. The van der Waals surface area contributed by atoms with Crippen LogP contribution in [0.1, 0.15) is 45.4 Å². The molecule has 67 valence electrons. The summed E-state index contributed by atoms with van der Waals surface area (Å²) in [5, 5.41) is 8.18. The molecular weight excluding hydrogens is 146 g/mol. The minimum atomic E-state index is 1.11. The van der Waals surface area contributed by atoms with Crippen LogP contribution in [0.2, 0.25) is 0 Å². The Hall–Kier alpha value is -0.770. The van der Waals surface area contributed by atoms with Crippen LogP contribution in [0.3, 0.4) is 0 Å². The minimum Gasteiger partial charge on any atom is -0.198 e. The van der Waals surface area contributed by atoms with Crippen LogP contribution >= 0.6 is 0 Å². The van der Waals surface area contributed by atoms with E-state index in [9.17, 15) is 0 Å². The number of hydrogen-bond acceptors (Lipinski definition) is 1. The van der Waals surface area contributed by atoms with Gasteiger partial charge in [0.1, 0.15) is 0 Å². The van der Waals surface area contributed by atoms with Gasteiger partial charge in [-0.05, 0) is 12.8 Å². The quantitative estimate of drug-likeness (QED) is 0.527. The van der Waals surface area contributed by atoms with Crippen LogP contribution < -0.4 is 0 Å². The third-order valence-electron chi connectivity index (χ3n) is 1.78. The maximum absolute atomic E-state index is 8.18. The molecule has 1 nitrogen and oxygen atoms in total. The number of unbranched alkanes of at least 4 members (excludes halogenated alkanes) is 5. The number of rotatable bonds is 7. The largest absolute Gasteiger partial charge is 0.198 e. The van der Waals surface area contributed by atoms with Gasteiger partial charge in [-0.25, -0.2) is 0 Å². The summed E-state index contributed by atoms with van der Waals surface area (Å²) in [7, 11) is 0. The van der Waals surface area contributed by atoms with Crippen molar-refractivity contribution in [2.24, 2.45) is 0 Å². The molecule has 0 atom stereocenters. The molecule has 0 saturated carbocycles. The molecule has 0 aromatic heterocycles. The molecule has 0 aliphatic carbocycles. The van der Waals surface area contributed by atoms with Gasteiger partial charge in [-0.1, -0.05) is 44.8 Å². The van der Waals surface area contributed by atoms with E-state index in [1.54, 1.807) is 0 Å². The predicted molar refractivity (Wildman–Crippen MR) is 52.4 cm³/mol. The number of nitriles is 1. The van der Waals surface area contributed by atoms with Gasteiger partial charge in [0.05, 0.1) is 12.5 Å². The van der Waals surface area contributed by atoms with Crippen molar-refractivity contribution in [3.8, 4) is 6.07 Å². The fourth-order valence-corrected chi connectivity index (χ4v) is 1.07. The van der Waals surface area contributed by atoms with Crippen LogP contribution in [0.25, 0.3) is 0 Å². The Morgan fingerprint density at radius 1 is 1.17 bits per heavy atom. The average molecular weight is 164 g/mol. The summed E-state index contributed by atoms with van der Waals surface area (Å²) in [5.74, 6) is 0. The van der Waals surface area contributed by atoms with Crippen molar-refractivity contribution in [1.29, 1.82) is 5.26 Å². The summed E-state index contributed by atoms with van der Waals surface area (Å²) in [6, 6.07) is 1.97. The van der Waals surface area contributed by atoms with Crippen molar-refractivity contribution in [2.75, 3.05) is 0 Å². The summed E-state index contributed by atoms with van der Waals surface area (Å²) in [4.78, 5) is 0. The second kappa shape index (κ2) is 10.2. The first kappa shape index (κ1) is 11.2. The molecule has 0 unspecified atom stereocenters. The van der Waals surface area contributed by atoms with E-state index in [0.717, 1.165) is 6.42 Å². The van der Waals surface area contributed by atoms with Gasteiger partial charge in [-0.3, -0.25) is 0 Å². The van der Waals surface area contributed by atoms with Gasteiger partial charge in [-0.15, -0.1) is 0 Å². The highest BCUT2D eigenvalue weighted by Crippen LogP contribution is 2.05. The highest BCUT2D eigenvalue weighted by molar-refractivity contribution is 5.08. The van der Waals surface area contributed by atoms with Crippen LogP contribution in [0.5, 0.6) is 0 Å². The molecule has 0 aromatic rings. The van der Waals surface area contributed by atoms with E-state index in [1.807, 2.05) is 12.1 Å². The van der Waals surface area contributed by atoms with Crippen LogP contribution in [0.15, 0.2) is 12.2 Å². The molecule has 0 bridgehead atoms. The molecule has 1 heteroatoms. The maximum Gasteiger partial charge on any atom is 0.0836 e. The molecule has 0 fully saturated rings. The summed E-state index contributed by atoms with van der Waals surface area (Å²) >= 11 is 0. The standard InChI is InChI=1S/C11H18N/c1-2-3-4-5-6-7-8-9-10-11-12/h8-10H,2-7H2,1H3. The van der Waals surface area contributed by atoms with Gasteiger partial charge in [-0.2, -0.15) is 5.26 Å². The molecule has 1 radical (unpaired) electrons. The fraction of sp³-hybridized carbons (Fsp3) is 0.636. The molecule has 0 amide bonds. The van der Waals surface area contributed by atoms with E-state index in [1.165, 1.54) is 38.5 Å². The van der Waals surface area contributed by atoms with Crippen LogP contribution in [0.4, 0.5) is 0 Å². The molecule has 0 aliphatic heterocycles. The Labute approximate surface area is 76.1 Å². The van der Waals surface area contributed by atoms with Gasteiger partial charge in [0, 0.05) is 0 Å². The number of nitrogens with zero attached hydrogens (tertiary/aromatic N) is 1.